The fourth-order valence-corrected chi connectivity index (χ4v) is 1.76. The molecule has 2 heteroatoms. The maximum absolute atomic E-state index is 4.43. The van der Waals surface area contributed by atoms with Gasteiger partial charge in [0.05, 0.1) is 11.9 Å². The topological polar surface area (TPSA) is 17.8 Å². The van der Waals surface area contributed by atoms with Gasteiger partial charge in [0.1, 0.15) is 0 Å². The first kappa shape index (κ1) is 15.7. The van der Waals surface area contributed by atoms with Gasteiger partial charge in [-0.15, -0.1) is 0 Å². The van der Waals surface area contributed by atoms with Gasteiger partial charge in [0.25, 0.3) is 0 Å². The molecule has 1 aromatic heterocycles. The second-order valence-electron chi connectivity index (χ2n) is 4.14. The minimum Gasteiger partial charge on any atom is -0.241 e. The fourth-order valence-electron chi connectivity index (χ4n) is 1.76. The Morgan fingerprint density at radius 3 is 2.55 bits per heavy atom. The Bertz CT molecular complexity index is 566. The highest BCUT2D eigenvalue weighted by Gasteiger charge is 2.03. The van der Waals surface area contributed by atoms with Crippen LogP contribution in [0.2, 0.25) is 0 Å². The highest BCUT2D eigenvalue weighted by atomic mass is 15.3. The molecule has 0 saturated carbocycles. The van der Waals surface area contributed by atoms with Crippen molar-refractivity contribution in [1.82, 2.24) is 9.78 Å². The molecule has 0 aromatic carbocycles. The van der Waals surface area contributed by atoms with E-state index in [0.29, 0.717) is 0 Å². The van der Waals surface area contributed by atoms with Crippen LogP contribution in [0.4, 0.5) is 0 Å². The molecular weight excluding hydrogens is 244 g/mol. The fraction of sp³-hybridized carbons (Fsp3) is 0.167. The summed E-state index contributed by atoms with van der Waals surface area (Å²) in [4.78, 5) is 0. The highest BCUT2D eigenvalue weighted by Crippen LogP contribution is 2.17. The van der Waals surface area contributed by atoms with Crippen LogP contribution >= 0.6 is 0 Å². The largest absolute Gasteiger partial charge is 0.241 e. The summed E-state index contributed by atoms with van der Waals surface area (Å²) in [6, 6.07) is 0. The van der Waals surface area contributed by atoms with Crippen molar-refractivity contribution >= 4 is 11.3 Å². The first-order valence-corrected chi connectivity index (χ1v) is 6.76. The van der Waals surface area contributed by atoms with Crippen molar-refractivity contribution in [2.45, 2.75) is 20.3 Å². The van der Waals surface area contributed by atoms with E-state index in [1.54, 1.807) is 12.2 Å². The number of hydrogen-bond acceptors (Lipinski definition) is 1. The van der Waals surface area contributed by atoms with Gasteiger partial charge in [-0.2, -0.15) is 5.10 Å². The van der Waals surface area contributed by atoms with Crippen LogP contribution in [0.5, 0.6) is 0 Å². The van der Waals surface area contributed by atoms with E-state index in [0.717, 1.165) is 23.3 Å². The van der Waals surface area contributed by atoms with Crippen LogP contribution in [0.3, 0.4) is 0 Å². The third kappa shape index (κ3) is 4.39. The standard InChI is InChI=1S/C18H22N2/c1-5-9-12-16(8-4)17-14-19-20(15-17)18(11-7-3)13-10-6-2/h5-6,8-15H,1-2,7H2,3-4H3/b12-9-,13-10-,16-8+,18-11+. The van der Waals surface area contributed by atoms with Crippen LogP contribution in [0.25, 0.3) is 11.3 Å². The van der Waals surface area contributed by atoms with E-state index < -0.39 is 0 Å². The normalized spacial score (nSPS) is 13.3. The van der Waals surface area contributed by atoms with Gasteiger partial charge in [-0.25, -0.2) is 4.68 Å². The second kappa shape index (κ2) is 8.70. The van der Waals surface area contributed by atoms with Crippen LogP contribution < -0.4 is 0 Å². The maximum Gasteiger partial charge on any atom is 0.0605 e. The van der Waals surface area contributed by atoms with Crippen molar-refractivity contribution in [2.75, 3.05) is 0 Å². The first-order chi connectivity index (χ1) is 9.76. The Morgan fingerprint density at radius 1 is 1.25 bits per heavy atom. The molecule has 0 fully saturated rings. The number of nitrogens with zero attached hydrogens (tertiary/aromatic N) is 2. The SMILES string of the molecule is C=C/C=C\C(=C/C)c1cnn(C(/C=C\C=C)=C/CC)c1. The summed E-state index contributed by atoms with van der Waals surface area (Å²) in [5.74, 6) is 0. The molecule has 2 nitrogen and oxygen atoms in total. The van der Waals surface area contributed by atoms with Crippen LogP contribution in [0, 0.1) is 0 Å². The summed E-state index contributed by atoms with van der Waals surface area (Å²) in [5.41, 5.74) is 3.25. The molecule has 1 heterocycles. The first-order valence-electron chi connectivity index (χ1n) is 6.76. The summed E-state index contributed by atoms with van der Waals surface area (Å²) in [6.07, 6.45) is 20.4. The van der Waals surface area contributed by atoms with Crippen LogP contribution in [-0.4, -0.2) is 9.78 Å². The molecule has 0 radical (unpaired) electrons. The summed E-state index contributed by atoms with van der Waals surface area (Å²) in [6.45, 7) is 11.5. The average Bonchev–Trinajstić information content (AvgIpc) is 2.94. The molecule has 1 aromatic rings. The lowest BCUT2D eigenvalue weighted by atomic mass is 10.1. The monoisotopic (exact) mass is 266 g/mol. The Hall–Kier alpha value is -2.35. The molecule has 1 rings (SSSR count). The summed E-state index contributed by atoms with van der Waals surface area (Å²) >= 11 is 0. The Morgan fingerprint density at radius 2 is 1.95 bits per heavy atom. The van der Waals surface area contributed by atoms with Crippen LogP contribution in [0.1, 0.15) is 25.8 Å². The molecule has 0 saturated heterocycles. The van der Waals surface area contributed by atoms with E-state index in [-0.39, 0.29) is 0 Å². The minimum atomic E-state index is 0.957. The summed E-state index contributed by atoms with van der Waals surface area (Å²) in [5, 5.41) is 4.43. The number of rotatable bonds is 7. The Balaban J connectivity index is 3.08. The molecule has 0 unspecified atom stereocenters. The lowest BCUT2D eigenvalue weighted by molar-refractivity contribution is 0.904. The number of hydrogen-bond donors (Lipinski definition) is 0. The van der Waals surface area contributed by atoms with E-state index in [4.69, 9.17) is 0 Å². The lowest BCUT2D eigenvalue weighted by Gasteiger charge is -2.01. The van der Waals surface area contributed by atoms with E-state index in [2.05, 4.69) is 37.3 Å². The molecule has 0 spiro atoms. The van der Waals surface area contributed by atoms with Gasteiger partial charge in [0, 0.05) is 11.8 Å². The van der Waals surface area contributed by atoms with Gasteiger partial charge in [0.2, 0.25) is 0 Å². The Kier molecular flexibility index (Phi) is 6.83. The zero-order chi connectivity index (χ0) is 14.8. The van der Waals surface area contributed by atoms with Crippen molar-refractivity contribution in [3.63, 3.8) is 0 Å². The maximum atomic E-state index is 4.43. The third-order valence-corrected chi connectivity index (χ3v) is 2.72. The predicted molar refractivity (Wildman–Crippen MR) is 89.1 cm³/mol. The smallest absolute Gasteiger partial charge is 0.0605 e. The van der Waals surface area contributed by atoms with E-state index in [1.165, 1.54) is 0 Å². The molecule has 0 aliphatic carbocycles. The molecule has 104 valence electrons. The van der Waals surface area contributed by atoms with E-state index in [9.17, 15) is 0 Å². The quantitative estimate of drug-likeness (QED) is 0.633. The number of allylic oxidation sites excluding steroid dienone is 10. The van der Waals surface area contributed by atoms with Crippen molar-refractivity contribution in [3.8, 4) is 0 Å². The van der Waals surface area contributed by atoms with Crippen LogP contribution in [-0.2, 0) is 0 Å². The minimum absolute atomic E-state index is 0.957. The zero-order valence-corrected chi connectivity index (χ0v) is 12.3. The molecule has 0 amide bonds. The molecule has 0 N–H and O–H groups in total. The highest BCUT2D eigenvalue weighted by molar-refractivity contribution is 5.74. The zero-order valence-electron chi connectivity index (χ0n) is 12.3. The number of aromatic nitrogens is 2. The van der Waals surface area contributed by atoms with Crippen LogP contribution in [0.15, 0.2) is 74.2 Å². The van der Waals surface area contributed by atoms with Gasteiger partial charge in [-0.1, -0.05) is 62.6 Å². The van der Waals surface area contributed by atoms with Gasteiger partial charge >= 0.3 is 0 Å². The van der Waals surface area contributed by atoms with Crippen molar-refractivity contribution < 1.29 is 0 Å². The Labute approximate surface area is 121 Å². The van der Waals surface area contributed by atoms with Gasteiger partial charge in [-0.05, 0) is 25.0 Å². The lowest BCUT2D eigenvalue weighted by Crippen LogP contribution is -1.94. The molecule has 0 aliphatic rings. The molecule has 20 heavy (non-hydrogen) atoms. The van der Waals surface area contributed by atoms with Crippen molar-refractivity contribution in [1.29, 1.82) is 0 Å². The molecule has 0 atom stereocenters. The van der Waals surface area contributed by atoms with Gasteiger partial charge in [0.15, 0.2) is 0 Å². The summed E-state index contributed by atoms with van der Waals surface area (Å²) < 4.78 is 1.88. The van der Waals surface area contributed by atoms with E-state index >= 15 is 0 Å². The third-order valence-electron chi connectivity index (χ3n) is 2.72. The van der Waals surface area contributed by atoms with E-state index in [1.807, 2.05) is 48.3 Å². The second-order valence-corrected chi connectivity index (χ2v) is 4.14. The predicted octanol–water partition coefficient (Wildman–Crippen LogP) is 5.02. The van der Waals surface area contributed by atoms with Crippen molar-refractivity contribution in [2.24, 2.45) is 0 Å². The van der Waals surface area contributed by atoms with Gasteiger partial charge in [-0.3, -0.25) is 0 Å². The van der Waals surface area contributed by atoms with Crippen molar-refractivity contribution in [3.05, 3.63) is 79.7 Å². The average molecular weight is 266 g/mol. The molecule has 0 bridgehead atoms. The summed E-state index contributed by atoms with van der Waals surface area (Å²) in [7, 11) is 0. The molecular formula is C18H22N2. The molecule has 0 aliphatic heterocycles. The van der Waals surface area contributed by atoms with Gasteiger partial charge < -0.3 is 0 Å².